The van der Waals surface area contributed by atoms with Crippen LogP contribution in [-0.4, -0.2) is 0 Å². The van der Waals surface area contributed by atoms with Crippen molar-refractivity contribution in [2.45, 2.75) is 24.7 Å². The van der Waals surface area contributed by atoms with Gasteiger partial charge in [-0.2, -0.15) is 0 Å². The van der Waals surface area contributed by atoms with Crippen LogP contribution in [0.1, 0.15) is 47.2 Å². The molecule has 0 saturated carbocycles. The highest BCUT2D eigenvalue weighted by Gasteiger charge is 2.48. The van der Waals surface area contributed by atoms with Crippen molar-refractivity contribution < 1.29 is 4.42 Å². The molecule has 2 aliphatic rings. The average molecular weight is 844 g/mol. The topological polar surface area (TPSA) is 16.4 Å². The summed E-state index contributed by atoms with van der Waals surface area (Å²) in [5.41, 5.74) is 21.8. The van der Waals surface area contributed by atoms with Gasteiger partial charge in [-0.05, 0) is 91.5 Å². The summed E-state index contributed by atoms with van der Waals surface area (Å²) in [6.07, 6.45) is 0. The first-order valence-electron chi connectivity index (χ1n) is 23.0. The van der Waals surface area contributed by atoms with E-state index in [9.17, 15) is 0 Å². The molecule has 312 valence electrons. The lowest BCUT2D eigenvalue weighted by Crippen LogP contribution is -2.28. The Labute approximate surface area is 385 Å². The third-order valence-corrected chi connectivity index (χ3v) is 14.6. The Kier molecular flexibility index (Phi) is 8.51. The van der Waals surface area contributed by atoms with E-state index >= 15 is 0 Å². The van der Waals surface area contributed by atoms with E-state index in [2.05, 4.69) is 249 Å². The summed E-state index contributed by atoms with van der Waals surface area (Å²) in [6, 6.07) is 87.1. The fourth-order valence-electron chi connectivity index (χ4n) is 11.6. The molecular formula is C64H45NO. The van der Waals surface area contributed by atoms with Crippen LogP contribution in [0.4, 0.5) is 17.1 Å². The minimum absolute atomic E-state index is 0.152. The summed E-state index contributed by atoms with van der Waals surface area (Å²) < 4.78 is 6.54. The average Bonchev–Trinajstić information content (AvgIpc) is 3.99. The highest BCUT2D eigenvalue weighted by molar-refractivity contribution is 6.09. The summed E-state index contributed by atoms with van der Waals surface area (Å²) in [5.74, 6) is 0. The van der Waals surface area contributed by atoms with Crippen LogP contribution in [0.25, 0.3) is 66.4 Å². The SMILES string of the molecule is CC1(C)c2ccccc2-c2c(N(c3ccc(-c4ccccc4)cc3)c3cccc4c3-c3ccccc3C4(c3ccccc3)c3ccc(-c4cccc5c4oc4ccccc45)cc3)cccc21. The van der Waals surface area contributed by atoms with Crippen molar-refractivity contribution in [1.82, 2.24) is 0 Å². The molecule has 0 saturated heterocycles. The van der Waals surface area contributed by atoms with Crippen molar-refractivity contribution >= 4 is 39.0 Å². The maximum Gasteiger partial charge on any atom is 0.143 e. The molecule has 2 aliphatic carbocycles. The first-order valence-corrected chi connectivity index (χ1v) is 23.0. The third kappa shape index (κ3) is 5.48. The van der Waals surface area contributed by atoms with Gasteiger partial charge in [0.05, 0.1) is 16.8 Å². The monoisotopic (exact) mass is 843 g/mol. The van der Waals surface area contributed by atoms with Crippen LogP contribution in [0.3, 0.4) is 0 Å². The zero-order valence-electron chi connectivity index (χ0n) is 36.9. The number of fused-ring (bicyclic) bond motifs is 9. The predicted molar refractivity (Wildman–Crippen MR) is 274 cm³/mol. The number of furan rings is 1. The quantitative estimate of drug-likeness (QED) is 0.159. The Hall–Kier alpha value is -8.20. The second-order valence-electron chi connectivity index (χ2n) is 18.3. The maximum atomic E-state index is 6.54. The van der Waals surface area contributed by atoms with E-state index in [0.717, 1.165) is 44.4 Å². The second kappa shape index (κ2) is 14.7. The molecule has 0 radical (unpaired) electrons. The van der Waals surface area contributed by atoms with E-state index in [1.165, 1.54) is 72.4 Å². The van der Waals surface area contributed by atoms with Gasteiger partial charge in [-0.3, -0.25) is 0 Å². The van der Waals surface area contributed by atoms with Crippen molar-refractivity contribution in [1.29, 1.82) is 0 Å². The third-order valence-electron chi connectivity index (χ3n) is 14.6. The van der Waals surface area contributed by atoms with Crippen LogP contribution in [-0.2, 0) is 10.8 Å². The zero-order chi connectivity index (χ0) is 44.0. The van der Waals surface area contributed by atoms with Crippen molar-refractivity contribution in [2.75, 3.05) is 4.90 Å². The molecule has 0 bridgehead atoms. The Bertz CT molecular complexity index is 3660. The molecule has 1 unspecified atom stereocenters. The molecule has 2 heteroatoms. The van der Waals surface area contributed by atoms with Gasteiger partial charge < -0.3 is 9.32 Å². The summed E-state index contributed by atoms with van der Waals surface area (Å²) in [5, 5.41) is 2.27. The maximum absolute atomic E-state index is 6.54. The number of nitrogens with zero attached hydrogens (tertiary/aromatic N) is 1. The first-order chi connectivity index (χ1) is 32.5. The van der Waals surface area contributed by atoms with Crippen molar-refractivity contribution in [3.05, 3.63) is 270 Å². The van der Waals surface area contributed by atoms with Crippen LogP contribution in [0, 0.1) is 0 Å². The van der Waals surface area contributed by atoms with Gasteiger partial charge in [0.15, 0.2) is 0 Å². The fraction of sp³-hybridized carbons (Fsp3) is 0.0625. The Morgan fingerprint density at radius 3 is 1.59 bits per heavy atom. The number of rotatable bonds is 7. The minimum Gasteiger partial charge on any atom is -0.455 e. The van der Waals surface area contributed by atoms with Crippen LogP contribution in [0.2, 0.25) is 0 Å². The van der Waals surface area contributed by atoms with Gasteiger partial charge >= 0.3 is 0 Å². The number of para-hydroxylation sites is 2. The molecule has 10 aromatic carbocycles. The van der Waals surface area contributed by atoms with Gasteiger partial charge in [0.25, 0.3) is 0 Å². The molecule has 0 spiro atoms. The lowest BCUT2D eigenvalue weighted by atomic mass is 9.67. The van der Waals surface area contributed by atoms with E-state index in [1.54, 1.807) is 0 Å². The summed E-state index contributed by atoms with van der Waals surface area (Å²) in [7, 11) is 0. The Balaban J connectivity index is 1.05. The van der Waals surface area contributed by atoms with Gasteiger partial charge in [0.2, 0.25) is 0 Å². The molecule has 2 nitrogen and oxygen atoms in total. The molecular weight excluding hydrogens is 799 g/mol. The normalized spacial score (nSPS) is 15.3. The van der Waals surface area contributed by atoms with Crippen molar-refractivity contribution in [2.24, 2.45) is 0 Å². The molecule has 1 atom stereocenters. The molecule has 66 heavy (non-hydrogen) atoms. The van der Waals surface area contributed by atoms with Crippen molar-refractivity contribution in [3.63, 3.8) is 0 Å². The summed E-state index contributed by atoms with van der Waals surface area (Å²) in [4.78, 5) is 2.54. The lowest BCUT2D eigenvalue weighted by Gasteiger charge is -2.35. The zero-order valence-corrected chi connectivity index (χ0v) is 36.9. The number of hydrogen-bond acceptors (Lipinski definition) is 2. The van der Waals surface area contributed by atoms with E-state index in [4.69, 9.17) is 4.42 Å². The van der Waals surface area contributed by atoms with Gasteiger partial charge in [0.1, 0.15) is 11.2 Å². The van der Waals surface area contributed by atoms with E-state index in [-0.39, 0.29) is 5.41 Å². The molecule has 1 aromatic heterocycles. The summed E-state index contributed by atoms with van der Waals surface area (Å²) >= 11 is 0. The molecule has 13 rings (SSSR count). The smallest absolute Gasteiger partial charge is 0.143 e. The van der Waals surface area contributed by atoms with Gasteiger partial charge in [-0.15, -0.1) is 0 Å². The van der Waals surface area contributed by atoms with E-state index < -0.39 is 5.41 Å². The molecule has 0 fully saturated rings. The minimum atomic E-state index is -0.608. The van der Waals surface area contributed by atoms with Crippen molar-refractivity contribution in [3.8, 4) is 44.5 Å². The fourth-order valence-corrected chi connectivity index (χ4v) is 11.6. The molecule has 11 aromatic rings. The van der Waals surface area contributed by atoms with Gasteiger partial charge in [0, 0.05) is 38.6 Å². The molecule has 0 amide bonds. The van der Waals surface area contributed by atoms with Crippen LogP contribution in [0.15, 0.2) is 241 Å². The number of anilines is 3. The van der Waals surface area contributed by atoms with Gasteiger partial charge in [-0.1, -0.05) is 220 Å². The van der Waals surface area contributed by atoms with Crippen LogP contribution < -0.4 is 4.90 Å². The first kappa shape index (κ1) is 38.3. The van der Waals surface area contributed by atoms with E-state index in [1.807, 2.05) is 6.07 Å². The van der Waals surface area contributed by atoms with E-state index in [0.29, 0.717) is 0 Å². The predicted octanol–water partition coefficient (Wildman–Crippen LogP) is 17.1. The van der Waals surface area contributed by atoms with Crippen LogP contribution in [0.5, 0.6) is 0 Å². The molecule has 1 heterocycles. The number of hydrogen-bond donors (Lipinski definition) is 0. The standard InChI is InChI=1S/C64H45NO/c1-63(2)53-27-12-9-23-51(53)60-55(63)29-16-31-57(60)65(47-40-36-43(37-41-47)42-18-5-3-6-19-42)58-32-17-30-56-61(58)52-24-10-13-28-54(52)64(56,45-20-7-4-8-21-45)46-38-34-44(35-39-46)48-25-15-26-50-49-22-11-14-33-59(49)66-62(48)50/h3-41H,1-2H3. The Morgan fingerprint density at radius 1 is 0.348 bits per heavy atom. The van der Waals surface area contributed by atoms with Gasteiger partial charge in [-0.25, -0.2) is 0 Å². The highest BCUT2D eigenvalue weighted by Crippen LogP contribution is 2.61. The highest BCUT2D eigenvalue weighted by atomic mass is 16.3. The van der Waals surface area contributed by atoms with Crippen LogP contribution >= 0.6 is 0 Å². The summed E-state index contributed by atoms with van der Waals surface area (Å²) in [6.45, 7) is 4.74. The second-order valence-corrected chi connectivity index (χ2v) is 18.3. The molecule has 0 N–H and O–H groups in total. The molecule has 0 aliphatic heterocycles. The lowest BCUT2D eigenvalue weighted by molar-refractivity contribution is 0.660. The largest absolute Gasteiger partial charge is 0.455 e. The number of benzene rings is 10. The Morgan fingerprint density at radius 2 is 0.848 bits per heavy atom.